The van der Waals surface area contributed by atoms with Gasteiger partial charge in [0.2, 0.25) is 5.91 Å². The molecule has 0 radical (unpaired) electrons. The number of hydrogen-bond donors (Lipinski definition) is 1. The van der Waals surface area contributed by atoms with Crippen molar-refractivity contribution in [1.29, 1.82) is 0 Å². The minimum Gasteiger partial charge on any atom is -0.491 e. The van der Waals surface area contributed by atoms with Crippen molar-refractivity contribution in [3.05, 3.63) is 58.3 Å². The number of hydrogen-bond acceptors (Lipinski definition) is 5. The molecule has 1 amide bonds. The second-order valence-electron chi connectivity index (χ2n) is 7.17. The zero-order chi connectivity index (χ0) is 20.1. The summed E-state index contributed by atoms with van der Waals surface area (Å²) in [5.41, 5.74) is -0.726. The van der Waals surface area contributed by atoms with Crippen LogP contribution in [0, 0.1) is 12.7 Å². The molecule has 1 N–H and O–H groups in total. The summed E-state index contributed by atoms with van der Waals surface area (Å²) in [5.74, 6) is -0.0716. The van der Waals surface area contributed by atoms with Gasteiger partial charge in [0.05, 0.1) is 5.69 Å². The first-order valence-corrected chi connectivity index (χ1v) is 9.28. The zero-order valence-electron chi connectivity index (χ0n) is 15.8. The molecule has 28 heavy (non-hydrogen) atoms. The average molecular weight is 389 g/mol. The highest BCUT2D eigenvalue weighted by molar-refractivity contribution is 5.75. The van der Waals surface area contributed by atoms with Crippen LogP contribution in [0.1, 0.15) is 25.0 Å². The van der Waals surface area contributed by atoms with E-state index in [0.29, 0.717) is 43.8 Å². The first-order valence-electron chi connectivity index (χ1n) is 9.28. The number of benzene rings is 1. The Bertz CT molecular complexity index is 884. The topological polar surface area (TPSA) is 84.7 Å². The summed E-state index contributed by atoms with van der Waals surface area (Å²) in [6.45, 7) is 2.57. The predicted molar refractivity (Wildman–Crippen MR) is 101 cm³/mol. The van der Waals surface area contributed by atoms with Gasteiger partial charge in [0, 0.05) is 19.2 Å². The standard InChI is InChI=1S/C20H24FN3O4/c1-15-3-8-18(25)24(22-15)13-19(26)23-11-2-9-20(27,10-12-23)14-28-17-6-4-16(21)5-7-17/h3-8,27H,2,9-14H2,1H3. The molecule has 1 saturated heterocycles. The molecule has 8 heteroatoms. The Balaban J connectivity index is 1.57. The second-order valence-corrected chi connectivity index (χ2v) is 7.17. The Labute approximate surface area is 162 Å². The molecule has 1 aromatic heterocycles. The molecule has 0 aliphatic carbocycles. The van der Waals surface area contributed by atoms with E-state index in [-0.39, 0.29) is 30.4 Å². The van der Waals surface area contributed by atoms with Gasteiger partial charge in [0.15, 0.2) is 0 Å². The van der Waals surface area contributed by atoms with Crippen molar-refractivity contribution in [2.75, 3.05) is 19.7 Å². The number of rotatable bonds is 5. The highest BCUT2D eigenvalue weighted by Crippen LogP contribution is 2.24. The fraction of sp³-hybridized carbons (Fsp3) is 0.450. The Kier molecular flexibility index (Phi) is 6.08. The number of aryl methyl sites for hydroxylation is 1. The van der Waals surface area contributed by atoms with Crippen molar-refractivity contribution < 1.29 is 19.0 Å². The lowest BCUT2D eigenvalue weighted by Gasteiger charge is -2.27. The van der Waals surface area contributed by atoms with Crippen LogP contribution in [0.3, 0.4) is 0 Å². The highest BCUT2D eigenvalue weighted by Gasteiger charge is 2.32. The molecule has 1 aromatic carbocycles. The number of nitrogens with zero attached hydrogens (tertiary/aromatic N) is 3. The van der Waals surface area contributed by atoms with E-state index in [9.17, 15) is 19.1 Å². The van der Waals surface area contributed by atoms with Crippen LogP contribution < -0.4 is 10.3 Å². The van der Waals surface area contributed by atoms with Gasteiger partial charge in [0.25, 0.3) is 5.56 Å². The first kappa shape index (κ1) is 20.0. The van der Waals surface area contributed by atoms with Crippen molar-refractivity contribution in [2.45, 2.75) is 38.3 Å². The predicted octanol–water partition coefficient (Wildman–Crippen LogP) is 1.51. The lowest BCUT2D eigenvalue weighted by molar-refractivity contribution is -0.132. The number of aromatic nitrogens is 2. The lowest BCUT2D eigenvalue weighted by atomic mass is 9.96. The molecule has 150 valence electrons. The lowest BCUT2D eigenvalue weighted by Crippen LogP contribution is -2.40. The van der Waals surface area contributed by atoms with E-state index < -0.39 is 5.60 Å². The Morgan fingerprint density at radius 3 is 2.71 bits per heavy atom. The van der Waals surface area contributed by atoms with E-state index in [1.165, 1.54) is 30.3 Å². The summed E-state index contributed by atoms with van der Waals surface area (Å²) >= 11 is 0. The molecule has 1 unspecified atom stereocenters. The molecule has 1 fully saturated rings. The van der Waals surface area contributed by atoms with Crippen LogP contribution in [0.25, 0.3) is 0 Å². The number of carbonyl (C=O) groups excluding carboxylic acids is 1. The summed E-state index contributed by atoms with van der Waals surface area (Å²) in [5, 5.41) is 14.9. The van der Waals surface area contributed by atoms with Gasteiger partial charge in [-0.2, -0.15) is 5.10 Å². The van der Waals surface area contributed by atoms with E-state index >= 15 is 0 Å². The quantitative estimate of drug-likeness (QED) is 0.838. The van der Waals surface area contributed by atoms with Crippen molar-refractivity contribution in [3.8, 4) is 5.75 Å². The fourth-order valence-electron chi connectivity index (χ4n) is 3.21. The van der Waals surface area contributed by atoms with Crippen molar-refractivity contribution in [1.82, 2.24) is 14.7 Å². The molecule has 2 aromatic rings. The minimum absolute atomic E-state index is 0.0690. The van der Waals surface area contributed by atoms with Gasteiger partial charge >= 0.3 is 0 Å². The molecule has 3 rings (SSSR count). The van der Waals surface area contributed by atoms with E-state index in [1.807, 2.05) is 0 Å². The van der Waals surface area contributed by atoms with Crippen LogP contribution in [0.2, 0.25) is 0 Å². The smallest absolute Gasteiger partial charge is 0.267 e. The molecular formula is C20H24FN3O4. The number of carbonyl (C=O) groups is 1. The van der Waals surface area contributed by atoms with Gasteiger partial charge in [-0.05, 0) is 56.5 Å². The third-order valence-corrected chi connectivity index (χ3v) is 4.88. The van der Waals surface area contributed by atoms with Crippen molar-refractivity contribution in [3.63, 3.8) is 0 Å². The van der Waals surface area contributed by atoms with Crippen LogP contribution in [0.4, 0.5) is 4.39 Å². The van der Waals surface area contributed by atoms with Gasteiger partial charge in [-0.25, -0.2) is 9.07 Å². The number of aliphatic hydroxyl groups is 1. The maximum Gasteiger partial charge on any atom is 0.267 e. The summed E-state index contributed by atoms with van der Waals surface area (Å²) in [6.07, 6.45) is 1.46. The maximum atomic E-state index is 13.0. The summed E-state index contributed by atoms with van der Waals surface area (Å²) in [4.78, 5) is 26.1. The van der Waals surface area contributed by atoms with E-state index in [0.717, 1.165) is 4.68 Å². The Hall–Kier alpha value is -2.74. The van der Waals surface area contributed by atoms with Crippen molar-refractivity contribution >= 4 is 5.91 Å². The van der Waals surface area contributed by atoms with Gasteiger partial charge in [-0.1, -0.05) is 0 Å². The van der Waals surface area contributed by atoms with Gasteiger partial charge < -0.3 is 14.7 Å². The third-order valence-electron chi connectivity index (χ3n) is 4.88. The average Bonchev–Trinajstić information content (AvgIpc) is 2.86. The SMILES string of the molecule is Cc1ccc(=O)n(CC(=O)N2CCCC(O)(COc3ccc(F)cc3)CC2)n1. The van der Waals surface area contributed by atoms with Crippen LogP contribution in [0.5, 0.6) is 5.75 Å². The molecule has 2 heterocycles. The fourth-order valence-corrected chi connectivity index (χ4v) is 3.21. The van der Waals surface area contributed by atoms with Gasteiger partial charge in [-0.3, -0.25) is 9.59 Å². The largest absolute Gasteiger partial charge is 0.491 e. The molecule has 1 aliphatic rings. The summed E-state index contributed by atoms with van der Waals surface area (Å²) < 4.78 is 19.7. The van der Waals surface area contributed by atoms with Crippen LogP contribution in [0.15, 0.2) is 41.2 Å². The Morgan fingerprint density at radius 1 is 1.21 bits per heavy atom. The second kappa shape index (κ2) is 8.52. The van der Waals surface area contributed by atoms with Crippen LogP contribution >= 0.6 is 0 Å². The zero-order valence-corrected chi connectivity index (χ0v) is 15.8. The normalized spacial score (nSPS) is 19.9. The van der Waals surface area contributed by atoms with E-state index in [4.69, 9.17) is 4.74 Å². The minimum atomic E-state index is -1.07. The molecule has 1 atom stereocenters. The van der Waals surface area contributed by atoms with Gasteiger partial charge in [0.1, 0.15) is 30.3 Å². The van der Waals surface area contributed by atoms with E-state index in [1.54, 1.807) is 17.9 Å². The number of halogens is 1. The third kappa shape index (κ3) is 5.16. The van der Waals surface area contributed by atoms with E-state index in [2.05, 4.69) is 5.10 Å². The van der Waals surface area contributed by atoms with Crippen LogP contribution in [-0.2, 0) is 11.3 Å². The monoisotopic (exact) mass is 389 g/mol. The Morgan fingerprint density at radius 2 is 1.96 bits per heavy atom. The molecule has 7 nitrogen and oxygen atoms in total. The molecule has 0 bridgehead atoms. The molecule has 0 spiro atoms. The highest BCUT2D eigenvalue weighted by atomic mass is 19.1. The van der Waals surface area contributed by atoms with Gasteiger partial charge in [-0.15, -0.1) is 0 Å². The summed E-state index contributed by atoms with van der Waals surface area (Å²) in [6, 6.07) is 8.62. The molecule has 1 aliphatic heterocycles. The van der Waals surface area contributed by atoms with Crippen LogP contribution in [-0.4, -0.2) is 51.0 Å². The first-order chi connectivity index (χ1) is 13.3. The number of likely N-dealkylation sites (tertiary alicyclic amines) is 1. The number of ether oxygens (including phenoxy) is 1. The number of amides is 1. The van der Waals surface area contributed by atoms with Crippen molar-refractivity contribution in [2.24, 2.45) is 0 Å². The molecular weight excluding hydrogens is 365 g/mol. The molecule has 0 saturated carbocycles. The summed E-state index contributed by atoms with van der Waals surface area (Å²) in [7, 11) is 0. The maximum absolute atomic E-state index is 13.0.